The van der Waals surface area contributed by atoms with Gasteiger partial charge >= 0.3 is 0 Å². The minimum Gasteiger partial charge on any atom is -0.382 e. The highest BCUT2D eigenvalue weighted by Crippen LogP contribution is 2.34. The van der Waals surface area contributed by atoms with E-state index in [4.69, 9.17) is 27.3 Å². The molecule has 0 saturated heterocycles. The molecule has 0 radical (unpaired) electrons. The van der Waals surface area contributed by atoms with Gasteiger partial charge in [0, 0.05) is 24.2 Å². The number of rotatable bonds is 8. The number of aromatic amines is 1. The number of nitrogens with two attached hydrogens (primary N) is 1. The maximum Gasteiger partial charge on any atom is 0.146 e. The lowest BCUT2D eigenvalue weighted by Crippen LogP contribution is -2.24. The second-order valence-corrected chi connectivity index (χ2v) is 7.96. The van der Waals surface area contributed by atoms with Crippen molar-refractivity contribution in [1.29, 1.82) is 0 Å². The Morgan fingerprint density at radius 1 is 1.16 bits per heavy atom. The van der Waals surface area contributed by atoms with Crippen molar-refractivity contribution in [2.75, 3.05) is 25.4 Å². The summed E-state index contributed by atoms with van der Waals surface area (Å²) in [5.74, 6) is 0.444. The quantitative estimate of drug-likeness (QED) is 0.432. The first-order valence-corrected chi connectivity index (χ1v) is 10.9. The van der Waals surface area contributed by atoms with Crippen LogP contribution in [-0.2, 0) is 13.5 Å². The van der Waals surface area contributed by atoms with Gasteiger partial charge < -0.3 is 10.6 Å². The Bertz CT molecular complexity index is 1190. The van der Waals surface area contributed by atoms with E-state index in [1.54, 1.807) is 10.9 Å². The van der Waals surface area contributed by atoms with Crippen molar-refractivity contribution in [2.45, 2.75) is 26.7 Å². The van der Waals surface area contributed by atoms with Crippen LogP contribution in [0.2, 0.25) is 5.02 Å². The Labute approximate surface area is 186 Å². The molecule has 0 bridgehead atoms. The summed E-state index contributed by atoms with van der Waals surface area (Å²) in [5, 5.41) is 13.0. The van der Waals surface area contributed by atoms with Gasteiger partial charge in [-0.3, -0.25) is 9.78 Å². The van der Waals surface area contributed by atoms with Gasteiger partial charge in [0.2, 0.25) is 0 Å². The van der Waals surface area contributed by atoms with Gasteiger partial charge in [-0.1, -0.05) is 25.4 Å². The number of nitrogens with one attached hydrogen (secondary N) is 1. The Morgan fingerprint density at radius 3 is 2.68 bits per heavy atom. The van der Waals surface area contributed by atoms with Crippen LogP contribution in [0.5, 0.6) is 0 Å². The molecule has 0 spiro atoms. The molecule has 3 N–H and O–H groups in total. The first-order valence-electron chi connectivity index (χ1n) is 10.5. The number of fused-ring (bicyclic) bond motifs is 1. The molecule has 162 valence electrons. The summed E-state index contributed by atoms with van der Waals surface area (Å²) in [6, 6.07) is 5.80. The van der Waals surface area contributed by atoms with Gasteiger partial charge in [-0.05, 0) is 50.7 Å². The first-order chi connectivity index (χ1) is 15.0. The Kier molecular flexibility index (Phi) is 6.20. The molecular weight excluding hydrogens is 412 g/mol. The molecule has 0 fully saturated rings. The van der Waals surface area contributed by atoms with Crippen molar-refractivity contribution in [3.63, 3.8) is 0 Å². The number of nitrogen functional groups attached to an aromatic ring is 1. The summed E-state index contributed by atoms with van der Waals surface area (Å²) < 4.78 is 1.74. The monoisotopic (exact) mass is 438 g/mol. The number of benzene rings is 1. The van der Waals surface area contributed by atoms with E-state index in [0.29, 0.717) is 16.5 Å². The first kappa shape index (κ1) is 21.3. The fourth-order valence-electron chi connectivity index (χ4n) is 3.75. The van der Waals surface area contributed by atoms with Gasteiger partial charge in [-0.25, -0.2) is 9.97 Å². The zero-order valence-corrected chi connectivity index (χ0v) is 18.8. The highest BCUT2D eigenvalue weighted by Gasteiger charge is 2.19. The Morgan fingerprint density at radius 2 is 1.97 bits per heavy atom. The summed E-state index contributed by atoms with van der Waals surface area (Å²) in [4.78, 5) is 12.1. The summed E-state index contributed by atoms with van der Waals surface area (Å²) >= 11 is 6.51. The van der Waals surface area contributed by atoms with Gasteiger partial charge in [0.1, 0.15) is 17.2 Å². The zero-order valence-electron chi connectivity index (χ0n) is 18.1. The lowest BCUT2D eigenvalue weighted by Gasteiger charge is -2.18. The molecule has 1 aromatic carbocycles. The van der Waals surface area contributed by atoms with Gasteiger partial charge in [-0.15, -0.1) is 0 Å². The average molecular weight is 439 g/mol. The lowest BCUT2D eigenvalue weighted by atomic mass is 10.0. The van der Waals surface area contributed by atoms with E-state index in [1.807, 2.05) is 31.4 Å². The Balaban J connectivity index is 1.77. The van der Waals surface area contributed by atoms with Gasteiger partial charge in [-0.2, -0.15) is 10.2 Å². The van der Waals surface area contributed by atoms with Crippen LogP contribution < -0.4 is 5.73 Å². The summed E-state index contributed by atoms with van der Waals surface area (Å²) in [6.45, 7) is 7.41. The normalized spacial score (nSPS) is 11.6. The number of aryl methyl sites for hydroxylation is 2. The van der Waals surface area contributed by atoms with Crippen molar-refractivity contribution in [3.8, 4) is 22.6 Å². The summed E-state index contributed by atoms with van der Waals surface area (Å²) in [6.07, 6.45) is 5.35. The molecule has 8 nitrogen and oxygen atoms in total. The topological polar surface area (TPSA) is 102 Å². The zero-order chi connectivity index (χ0) is 22.0. The predicted molar refractivity (Wildman–Crippen MR) is 125 cm³/mol. The molecule has 0 saturated carbocycles. The fraction of sp³-hybridized carbons (Fsp3) is 0.364. The third kappa shape index (κ3) is 4.40. The van der Waals surface area contributed by atoms with Gasteiger partial charge in [0.15, 0.2) is 0 Å². The number of aromatic nitrogens is 6. The number of halogens is 1. The molecule has 31 heavy (non-hydrogen) atoms. The largest absolute Gasteiger partial charge is 0.382 e. The molecule has 3 aromatic heterocycles. The number of nitrogens with zero attached hydrogens (tertiary/aromatic N) is 6. The van der Waals surface area contributed by atoms with Gasteiger partial charge in [0.05, 0.1) is 28.1 Å². The molecule has 4 aromatic rings. The van der Waals surface area contributed by atoms with Crippen molar-refractivity contribution in [3.05, 3.63) is 41.3 Å². The number of hydrogen-bond acceptors (Lipinski definition) is 6. The highest BCUT2D eigenvalue weighted by atomic mass is 35.5. The smallest absolute Gasteiger partial charge is 0.146 e. The van der Waals surface area contributed by atoms with Crippen LogP contribution in [-0.4, -0.2) is 54.5 Å². The second-order valence-electron chi connectivity index (χ2n) is 7.55. The van der Waals surface area contributed by atoms with E-state index in [1.165, 1.54) is 0 Å². The standard InChI is InChI=1S/C22H27ClN8/c1-4-31(5-2)9-6-7-18-22(24)27-21(17-8-10-30(3)29-17)20(26-18)14-11-15-13-25-28-19(15)16(23)12-14/h8,10-13H,4-7,9H2,1-3H3,(H2,24,27)(H,25,28). The SMILES string of the molecule is CCN(CC)CCCc1nc(-c2cc(Cl)c3[nH]ncc3c2)c(-c2ccn(C)n2)nc1N. The average Bonchev–Trinajstić information content (AvgIpc) is 3.41. The molecule has 9 heteroatoms. The second kappa shape index (κ2) is 9.03. The molecule has 0 atom stereocenters. The van der Waals surface area contributed by atoms with Crippen LogP contribution >= 0.6 is 11.6 Å². The van der Waals surface area contributed by atoms with E-state index >= 15 is 0 Å². The van der Waals surface area contributed by atoms with Crippen molar-refractivity contribution in [1.82, 2.24) is 34.8 Å². The van der Waals surface area contributed by atoms with Crippen LogP contribution in [0.3, 0.4) is 0 Å². The third-order valence-corrected chi connectivity index (χ3v) is 5.81. The van der Waals surface area contributed by atoms with E-state index in [2.05, 4.69) is 34.0 Å². The van der Waals surface area contributed by atoms with Crippen LogP contribution in [0.25, 0.3) is 33.5 Å². The molecule has 0 aliphatic heterocycles. The van der Waals surface area contributed by atoms with Crippen LogP contribution in [0.1, 0.15) is 26.0 Å². The maximum atomic E-state index is 6.51. The van der Waals surface area contributed by atoms with Crippen LogP contribution in [0.15, 0.2) is 30.6 Å². The van der Waals surface area contributed by atoms with Crippen LogP contribution in [0.4, 0.5) is 5.82 Å². The molecule has 0 aliphatic rings. The maximum absolute atomic E-state index is 6.51. The molecule has 0 unspecified atom stereocenters. The molecular formula is C22H27ClN8. The van der Waals surface area contributed by atoms with E-state index in [9.17, 15) is 0 Å². The Hall–Kier alpha value is -2.97. The third-order valence-electron chi connectivity index (χ3n) is 5.51. The predicted octanol–water partition coefficient (Wildman–Crippen LogP) is 3.93. The lowest BCUT2D eigenvalue weighted by molar-refractivity contribution is 0.299. The fourth-order valence-corrected chi connectivity index (χ4v) is 4.02. The summed E-state index contributed by atoms with van der Waals surface area (Å²) in [7, 11) is 1.87. The van der Waals surface area contributed by atoms with E-state index in [0.717, 1.165) is 66.0 Å². The van der Waals surface area contributed by atoms with Gasteiger partial charge in [0.25, 0.3) is 0 Å². The van der Waals surface area contributed by atoms with E-state index in [-0.39, 0.29) is 0 Å². The minimum atomic E-state index is 0.444. The number of hydrogen-bond donors (Lipinski definition) is 2. The minimum absolute atomic E-state index is 0.444. The van der Waals surface area contributed by atoms with Crippen molar-refractivity contribution in [2.24, 2.45) is 7.05 Å². The van der Waals surface area contributed by atoms with Crippen LogP contribution in [0, 0.1) is 0 Å². The van der Waals surface area contributed by atoms with E-state index < -0.39 is 0 Å². The summed E-state index contributed by atoms with van der Waals surface area (Å²) in [5.41, 5.74) is 10.9. The molecule has 3 heterocycles. The molecule has 0 aliphatic carbocycles. The molecule has 0 amide bonds. The number of H-pyrrole nitrogens is 1. The molecule has 4 rings (SSSR count). The highest BCUT2D eigenvalue weighted by molar-refractivity contribution is 6.35. The van der Waals surface area contributed by atoms with Crippen molar-refractivity contribution < 1.29 is 0 Å². The van der Waals surface area contributed by atoms with Crippen molar-refractivity contribution >= 4 is 28.3 Å². The number of anilines is 1.